The van der Waals surface area contributed by atoms with Crippen LogP contribution in [-0.2, 0) is 0 Å². The van der Waals surface area contributed by atoms with Crippen LogP contribution in [0.4, 0.5) is 8.78 Å². The highest BCUT2D eigenvalue weighted by Crippen LogP contribution is 2.41. The van der Waals surface area contributed by atoms with Crippen LogP contribution >= 0.6 is 0 Å². The summed E-state index contributed by atoms with van der Waals surface area (Å²) in [4.78, 5) is 0. The molecule has 1 aliphatic heterocycles. The van der Waals surface area contributed by atoms with Gasteiger partial charge in [-0.1, -0.05) is 18.2 Å². The molecule has 0 fully saturated rings. The second-order valence-electron chi connectivity index (χ2n) is 4.89. The third-order valence-corrected chi connectivity index (χ3v) is 3.67. The smallest absolute Gasteiger partial charge is 0.130 e. The maximum atomic E-state index is 13.9. The molecule has 0 saturated heterocycles. The van der Waals surface area contributed by atoms with Gasteiger partial charge in [0.15, 0.2) is 0 Å². The Morgan fingerprint density at radius 1 is 1.10 bits per heavy atom. The van der Waals surface area contributed by atoms with Crippen LogP contribution in [0.15, 0.2) is 42.5 Å². The Labute approximate surface area is 116 Å². The van der Waals surface area contributed by atoms with E-state index in [1.165, 1.54) is 6.07 Å². The van der Waals surface area contributed by atoms with Crippen molar-refractivity contribution >= 4 is 0 Å². The van der Waals surface area contributed by atoms with Crippen molar-refractivity contribution in [2.45, 2.75) is 18.6 Å². The molecule has 0 saturated carbocycles. The Morgan fingerprint density at radius 3 is 2.70 bits per heavy atom. The average Bonchev–Trinajstić information content (AvgIpc) is 2.48. The van der Waals surface area contributed by atoms with Crippen molar-refractivity contribution < 1.29 is 13.5 Å². The maximum Gasteiger partial charge on any atom is 0.130 e. The molecule has 104 valence electrons. The summed E-state index contributed by atoms with van der Waals surface area (Å²) in [6.07, 6.45) is 0.0755. The zero-order valence-electron chi connectivity index (χ0n) is 11.1. The molecule has 0 aromatic heterocycles. The summed E-state index contributed by atoms with van der Waals surface area (Å²) in [7, 11) is 1.85. The van der Waals surface area contributed by atoms with E-state index in [9.17, 15) is 8.78 Å². The summed E-state index contributed by atoms with van der Waals surface area (Å²) < 4.78 is 33.1. The van der Waals surface area contributed by atoms with Crippen LogP contribution in [0.3, 0.4) is 0 Å². The lowest BCUT2D eigenvalue weighted by molar-refractivity contribution is 0.149. The molecule has 0 amide bonds. The predicted molar refractivity (Wildman–Crippen MR) is 72.6 cm³/mol. The van der Waals surface area contributed by atoms with Gasteiger partial charge in [-0.25, -0.2) is 8.78 Å². The minimum atomic E-state index is -0.488. The minimum Gasteiger partial charge on any atom is -0.485 e. The molecule has 0 aliphatic carbocycles. The van der Waals surface area contributed by atoms with Crippen LogP contribution in [0.5, 0.6) is 5.75 Å². The largest absolute Gasteiger partial charge is 0.485 e. The van der Waals surface area contributed by atoms with Gasteiger partial charge < -0.3 is 10.1 Å². The molecular formula is C16H15F2NO. The van der Waals surface area contributed by atoms with Gasteiger partial charge in [0.2, 0.25) is 0 Å². The Morgan fingerprint density at radius 2 is 1.90 bits per heavy atom. The van der Waals surface area contributed by atoms with Gasteiger partial charge >= 0.3 is 0 Å². The van der Waals surface area contributed by atoms with E-state index in [-0.39, 0.29) is 11.6 Å². The van der Waals surface area contributed by atoms with Crippen LogP contribution in [0, 0.1) is 11.6 Å². The summed E-state index contributed by atoms with van der Waals surface area (Å²) in [6.45, 7) is 0. The molecule has 4 heteroatoms. The number of benzene rings is 2. The predicted octanol–water partition coefficient (Wildman–Crippen LogP) is 3.75. The Bertz CT molecular complexity index is 630. The first-order valence-electron chi connectivity index (χ1n) is 6.57. The summed E-state index contributed by atoms with van der Waals surface area (Å²) in [5, 5.41) is 3.20. The first-order valence-corrected chi connectivity index (χ1v) is 6.57. The number of hydrogen-bond donors (Lipinski definition) is 1. The lowest BCUT2D eigenvalue weighted by Gasteiger charge is -2.32. The van der Waals surface area contributed by atoms with Crippen LogP contribution in [0.1, 0.15) is 29.7 Å². The molecule has 1 aliphatic rings. The zero-order chi connectivity index (χ0) is 14.1. The molecule has 2 nitrogen and oxygen atoms in total. The first kappa shape index (κ1) is 13.1. The molecule has 0 radical (unpaired) electrons. The maximum absolute atomic E-state index is 13.9. The Kier molecular flexibility index (Phi) is 3.40. The lowest BCUT2D eigenvalue weighted by Crippen LogP contribution is -2.27. The van der Waals surface area contributed by atoms with Gasteiger partial charge in [-0.15, -0.1) is 0 Å². The number of rotatable bonds is 2. The van der Waals surface area contributed by atoms with E-state index in [4.69, 9.17) is 4.74 Å². The highest BCUT2D eigenvalue weighted by Gasteiger charge is 2.29. The van der Waals surface area contributed by atoms with Gasteiger partial charge in [0.25, 0.3) is 0 Å². The van der Waals surface area contributed by atoms with Crippen LogP contribution in [0.25, 0.3) is 0 Å². The number of ether oxygens (including phenoxy) is 1. The van der Waals surface area contributed by atoms with E-state index < -0.39 is 17.7 Å². The van der Waals surface area contributed by atoms with Crippen molar-refractivity contribution in [3.05, 3.63) is 65.2 Å². The van der Waals surface area contributed by atoms with E-state index in [0.717, 1.165) is 17.7 Å². The minimum absolute atomic E-state index is 0.0626. The molecule has 2 aromatic carbocycles. The van der Waals surface area contributed by atoms with E-state index in [1.54, 1.807) is 0 Å². The van der Waals surface area contributed by atoms with E-state index in [0.29, 0.717) is 12.2 Å². The molecule has 0 bridgehead atoms. The van der Waals surface area contributed by atoms with E-state index in [2.05, 4.69) is 5.32 Å². The molecular weight excluding hydrogens is 260 g/mol. The number of nitrogens with one attached hydrogen (secondary N) is 1. The van der Waals surface area contributed by atoms with Gasteiger partial charge in [-0.3, -0.25) is 0 Å². The number of para-hydroxylation sites is 1. The van der Waals surface area contributed by atoms with E-state index in [1.807, 2.05) is 31.3 Å². The second kappa shape index (κ2) is 5.21. The molecule has 2 aromatic rings. The standard InChI is InChI=1S/C16H15F2NO/c1-19-14-9-16(12-8-10(17)6-7-13(12)18)20-15-5-3-2-4-11(14)15/h2-8,14,16,19H,9H2,1H3. The quantitative estimate of drug-likeness (QED) is 0.901. The number of fused-ring (bicyclic) bond motifs is 1. The summed E-state index contributed by atoms with van der Waals surface area (Å²) in [5.74, 6) is -0.178. The molecule has 20 heavy (non-hydrogen) atoms. The fourth-order valence-electron chi connectivity index (χ4n) is 2.64. The Hall–Kier alpha value is -1.94. The molecule has 2 unspecified atom stereocenters. The van der Waals surface area contributed by atoms with Crippen LogP contribution in [-0.4, -0.2) is 7.05 Å². The monoisotopic (exact) mass is 275 g/mol. The Balaban J connectivity index is 2.00. The number of halogens is 2. The van der Waals surface area contributed by atoms with Gasteiger partial charge in [-0.2, -0.15) is 0 Å². The molecule has 0 spiro atoms. The molecule has 3 rings (SSSR count). The zero-order valence-corrected chi connectivity index (χ0v) is 11.1. The SMILES string of the molecule is CNC1CC(c2cc(F)ccc2F)Oc2ccccc21. The van der Waals surface area contributed by atoms with Crippen molar-refractivity contribution in [3.63, 3.8) is 0 Å². The summed E-state index contributed by atoms with van der Waals surface area (Å²) in [6, 6.07) is 11.2. The number of hydrogen-bond acceptors (Lipinski definition) is 2. The van der Waals surface area contributed by atoms with Crippen LogP contribution in [0.2, 0.25) is 0 Å². The second-order valence-corrected chi connectivity index (χ2v) is 4.89. The fourth-order valence-corrected chi connectivity index (χ4v) is 2.64. The third kappa shape index (κ3) is 2.27. The van der Waals surface area contributed by atoms with E-state index >= 15 is 0 Å². The van der Waals surface area contributed by atoms with Gasteiger partial charge in [0.1, 0.15) is 23.5 Å². The molecule has 1 N–H and O–H groups in total. The molecule has 1 heterocycles. The van der Waals surface area contributed by atoms with Crippen molar-refractivity contribution in [1.29, 1.82) is 0 Å². The normalized spacial score (nSPS) is 21.1. The highest BCUT2D eigenvalue weighted by atomic mass is 19.1. The van der Waals surface area contributed by atoms with Crippen molar-refractivity contribution in [1.82, 2.24) is 5.32 Å². The van der Waals surface area contributed by atoms with Crippen molar-refractivity contribution in [2.75, 3.05) is 7.05 Å². The average molecular weight is 275 g/mol. The fraction of sp³-hybridized carbons (Fsp3) is 0.250. The topological polar surface area (TPSA) is 21.3 Å². The first-order chi connectivity index (χ1) is 9.69. The van der Waals surface area contributed by atoms with Gasteiger partial charge in [-0.05, 0) is 31.3 Å². The van der Waals surface area contributed by atoms with Gasteiger partial charge in [0.05, 0.1) is 0 Å². The third-order valence-electron chi connectivity index (χ3n) is 3.67. The molecule has 2 atom stereocenters. The van der Waals surface area contributed by atoms with Crippen molar-refractivity contribution in [2.24, 2.45) is 0 Å². The van der Waals surface area contributed by atoms with Crippen LogP contribution < -0.4 is 10.1 Å². The van der Waals surface area contributed by atoms with Crippen molar-refractivity contribution in [3.8, 4) is 5.75 Å². The summed E-state index contributed by atoms with van der Waals surface area (Å²) in [5.41, 5.74) is 1.31. The highest BCUT2D eigenvalue weighted by molar-refractivity contribution is 5.39. The lowest BCUT2D eigenvalue weighted by atomic mass is 9.93. The summed E-state index contributed by atoms with van der Waals surface area (Å²) >= 11 is 0. The van der Waals surface area contributed by atoms with Gasteiger partial charge in [0, 0.05) is 23.6 Å².